The minimum absolute atomic E-state index is 0.697. The fraction of sp³-hybridized carbons (Fsp3) is 0.0833. The van der Waals surface area contributed by atoms with Crippen LogP contribution in [0.1, 0.15) is 5.56 Å². The van der Waals surface area contributed by atoms with Crippen LogP contribution in [0.5, 0.6) is 11.5 Å². The maximum Gasteiger partial charge on any atom is 0.146 e. The Morgan fingerprint density at radius 1 is 1.25 bits per heavy atom. The number of hydrogen-bond acceptors (Lipinski definition) is 3. The Bertz CT molecular complexity index is 514. The van der Waals surface area contributed by atoms with Crippen LogP contribution in [0.3, 0.4) is 0 Å². The molecule has 0 saturated carbocycles. The van der Waals surface area contributed by atoms with E-state index in [0.29, 0.717) is 5.75 Å². The molecule has 16 heavy (non-hydrogen) atoms. The molecule has 1 aromatic carbocycles. The highest BCUT2D eigenvalue weighted by Gasteiger charge is 2.02. The van der Waals surface area contributed by atoms with Gasteiger partial charge in [-0.2, -0.15) is 0 Å². The smallest absolute Gasteiger partial charge is 0.146 e. The van der Waals surface area contributed by atoms with E-state index in [-0.39, 0.29) is 0 Å². The number of halogens is 1. The zero-order valence-electron chi connectivity index (χ0n) is 8.77. The highest BCUT2D eigenvalue weighted by atomic mass is 79.9. The van der Waals surface area contributed by atoms with E-state index in [2.05, 4.69) is 20.9 Å². The fourth-order valence-electron chi connectivity index (χ4n) is 1.36. The summed E-state index contributed by atoms with van der Waals surface area (Å²) < 4.78 is 6.58. The van der Waals surface area contributed by atoms with Crippen molar-refractivity contribution >= 4 is 21.6 Å². The van der Waals surface area contributed by atoms with E-state index in [4.69, 9.17) is 10.5 Å². The lowest BCUT2D eigenvalue weighted by molar-refractivity contribution is 0.476. The summed E-state index contributed by atoms with van der Waals surface area (Å²) in [6.45, 7) is 1.96. The standard InChI is InChI=1S/C12H11BrN2O/c1-8-4-10(14)2-3-12(8)16-11-5-9(13)6-15-7-11/h2-7H,14H2,1H3. The molecule has 2 aromatic rings. The van der Waals surface area contributed by atoms with Crippen molar-refractivity contribution in [1.29, 1.82) is 0 Å². The van der Waals surface area contributed by atoms with Crippen molar-refractivity contribution in [3.05, 3.63) is 46.7 Å². The molecule has 1 aromatic heterocycles. The fourth-order valence-corrected chi connectivity index (χ4v) is 1.71. The van der Waals surface area contributed by atoms with Crippen LogP contribution >= 0.6 is 15.9 Å². The van der Waals surface area contributed by atoms with Crippen LogP contribution in [0.15, 0.2) is 41.1 Å². The Morgan fingerprint density at radius 3 is 2.75 bits per heavy atom. The highest BCUT2D eigenvalue weighted by molar-refractivity contribution is 9.10. The van der Waals surface area contributed by atoms with Gasteiger partial charge in [-0.15, -0.1) is 0 Å². The number of rotatable bonds is 2. The number of pyridine rings is 1. The lowest BCUT2D eigenvalue weighted by atomic mass is 10.2. The van der Waals surface area contributed by atoms with Crippen LogP contribution in [-0.2, 0) is 0 Å². The van der Waals surface area contributed by atoms with Crippen molar-refractivity contribution in [2.45, 2.75) is 6.92 Å². The number of benzene rings is 1. The number of nitrogens with two attached hydrogens (primary N) is 1. The van der Waals surface area contributed by atoms with Crippen LogP contribution in [0.25, 0.3) is 0 Å². The molecule has 0 saturated heterocycles. The molecule has 82 valence electrons. The molecule has 0 aliphatic carbocycles. The second-order valence-electron chi connectivity index (χ2n) is 3.47. The third-order valence-corrected chi connectivity index (χ3v) is 2.54. The second-order valence-corrected chi connectivity index (χ2v) is 4.38. The monoisotopic (exact) mass is 278 g/mol. The first-order chi connectivity index (χ1) is 7.65. The molecule has 2 rings (SSSR count). The number of aryl methyl sites for hydroxylation is 1. The number of hydrogen-bond donors (Lipinski definition) is 1. The molecule has 2 N–H and O–H groups in total. The van der Waals surface area contributed by atoms with Crippen LogP contribution in [0, 0.1) is 6.92 Å². The molecule has 0 aliphatic rings. The van der Waals surface area contributed by atoms with Crippen molar-refractivity contribution in [3.8, 4) is 11.5 Å². The topological polar surface area (TPSA) is 48.1 Å². The van der Waals surface area contributed by atoms with Gasteiger partial charge in [0, 0.05) is 16.4 Å². The number of ether oxygens (including phenoxy) is 1. The predicted molar refractivity (Wildman–Crippen MR) is 67.6 cm³/mol. The average molecular weight is 279 g/mol. The predicted octanol–water partition coefficient (Wildman–Crippen LogP) is 3.53. The van der Waals surface area contributed by atoms with Crippen LogP contribution in [0.2, 0.25) is 0 Å². The van der Waals surface area contributed by atoms with Gasteiger partial charge < -0.3 is 10.5 Å². The molecule has 0 radical (unpaired) electrons. The summed E-state index contributed by atoms with van der Waals surface area (Å²) in [7, 11) is 0. The molecular formula is C12H11BrN2O. The molecule has 0 amide bonds. The van der Waals surface area contributed by atoms with Gasteiger partial charge in [0.15, 0.2) is 0 Å². The van der Waals surface area contributed by atoms with E-state index in [1.165, 1.54) is 0 Å². The Hall–Kier alpha value is -1.55. The normalized spacial score (nSPS) is 10.1. The van der Waals surface area contributed by atoms with Gasteiger partial charge in [-0.3, -0.25) is 4.98 Å². The molecule has 0 aliphatic heterocycles. The summed E-state index contributed by atoms with van der Waals surface area (Å²) in [5.74, 6) is 1.48. The second kappa shape index (κ2) is 4.53. The van der Waals surface area contributed by atoms with Crippen LogP contribution in [0.4, 0.5) is 5.69 Å². The lowest BCUT2D eigenvalue weighted by Gasteiger charge is -2.08. The number of anilines is 1. The van der Waals surface area contributed by atoms with E-state index < -0.39 is 0 Å². The Labute approximate surface area is 102 Å². The molecule has 4 heteroatoms. The minimum atomic E-state index is 0.697. The van der Waals surface area contributed by atoms with Crippen molar-refractivity contribution in [2.75, 3.05) is 5.73 Å². The number of nitrogen functional groups attached to an aromatic ring is 1. The minimum Gasteiger partial charge on any atom is -0.455 e. The van der Waals surface area contributed by atoms with E-state index in [1.54, 1.807) is 12.4 Å². The third-order valence-electron chi connectivity index (χ3n) is 2.11. The van der Waals surface area contributed by atoms with Crippen molar-refractivity contribution in [3.63, 3.8) is 0 Å². The Kier molecular flexibility index (Phi) is 3.10. The quantitative estimate of drug-likeness (QED) is 0.855. The first kappa shape index (κ1) is 11.0. The van der Waals surface area contributed by atoms with Gasteiger partial charge in [-0.25, -0.2) is 0 Å². The van der Waals surface area contributed by atoms with Crippen LogP contribution < -0.4 is 10.5 Å². The van der Waals surface area contributed by atoms with Gasteiger partial charge in [-0.05, 0) is 52.7 Å². The van der Waals surface area contributed by atoms with Gasteiger partial charge in [0.25, 0.3) is 0 Å². The van der Waals surface area contributed by atoms with E-state index >= 15 is 0 Å². The first-order valence-electron chi connectivity index (χ1n) is 4.80. The Morgan fingerprint density at radius 2 is 2.06 bits per heavy atom. The maximum atomic E-state index is 5.70. The van der Waals surface area contributed by atoms with Gasteiger partial charge in [0.2, 0.25) is 0 Å². The van der Waals surface area contributed by atoms with Crippen LogP contribution in [-0.4, -0.2) is 4.98 Å². The largest absolute Gasteiger partial charge is 0.455 e. The zero-order chi connectivity index (χ0) is 11.5. The van der Waals surface area contributed by atoms with Gasteiger partial charge in [-0.1, -0.05) is 0 Å². The van der Waals surface area contributed by atoms with Crippen molar-refractivity contribution < 1.29 is 4.74 Å². The molecule has 0 spiro atoms. The average Bonchev–Trinajstić information content (AvgIpc) is 2.22. The van der Waals surface area contributed by atoms with Gasteiger partial charge in [0.1, 0.15) is 11.5 Å². The molecule has 0 atom stereocenters. The molecule has 0 bridgehead atoms. The first-order valence-corrected chi connectivity index (χ1v) is 5.59. The summed E-state index contributed by atoms with van der Waals surface area (Å²) in [6, 6.07) is 7.41. The molecule has 0 fully saturated rings. The summed E-state index contributed by atoms with van der Waals surface area (Å²) in [4.78, 5) is 4.03. The van der Waals surface area contributed by atoms with E-state index in [0.717, 1.165) is 21.5 Å². The van der Waals surface area contributed by atoms with E-state index in [1.807, 2.05) is 31.2 Å². The summed E-state index contributed by atoms with van der Waals surface area (Å²) >= 11 is 3.34. The number of nitrogens with zero attached hydrogens (tertiary/aromatic N) is 1. The third kappa shape index (κ3) is 2.52. The summed E-state index contributed by atoms with van der Waals surface area (Å²) in [5, 5.41) is 0. The lowest BCUT2D eigenvalue weighted by Crippen LogP contribution is -1.91. The molecule has 0 unspecified atom stereocenters. The molecule has 3 nitrogen and oxygen atoms in total. The summed E-state index contributed by atoms with van der Waals surface area (Å²) in [5.41, 5.74) is 7.40. The summed E-state index contributed by atoms with van der Waals surface area (Å²) in [6.07, 6.45) is 3.38. The molecule has 1 heterocycles. The van der Waals surface area contributed by atoms with Crippen molar-refractivity contribution in [2.24, 2.45) is 0 Å². The van der Waals surface area contributed by atoms with Gasteiger partial charge >= 0.3 is 0 Å². The highest BCUT2D eigenvalue weighted by Crippen LogP contribution is 2.27. The SMILES string of the molecule is Cc1cc(N)ccc1Oc1cncc(Br)c1. The maximum absolute atomic E-state index is 5.70. The van der Waals surface area contributed by atoms with E-state index in [9.17, 15) is 0 Å². The Balaban J connectivity index is 2.27. The van der Waals surface area contributed by atoms with Gasteiger partial charge in [0.05, 0.1) is 6.20 Å². The molecular weight excluding hydrogens is 268 g/mol. The zero-order valence-corrected chi connectivity index (χ0v) is 10.4. The van der Waals surface area contributed by atoms with Crippen molar-refractivity contribution in [1.82, 2.24) is 4.98 Å². The number of aromatic nitrogens is 1.